The molecule has 0 radical (unpaired) electrons. The summed E-state index contributed by atoms with van der Waals surface area (Å²) in [5.74, 6) is 0.534. The molecule has 0 amide bonds. The third-order valence-electron chi connectivity index (χ3n) is 2.35. The smallest absolute Gasteiger partial charge is 0.423 e. The summed E-state index contributed by atoms with van der Waals surface area (Å²) in [6.45, 7) is 0. The summed E-state index contributed by atoms with van der Waals surface area (Å²) in [6.07, 6.45) is 2.31. The molecule has 1 saturated carbocycles. The molecule has 2 rings (SSSR count). The van der Waals surface area contributed by atoms with Crippen LogP contribution in [0.15, 0.2) is 18.2 Å². The summed E-state index contributed by atoms with van der Waals surface area (Å²) >= 11 is 6.02. The van der Waals surface area contributed by atoms with E-state index in [-0.39, 0.29) is 0 Å². The Kier molecular flexibility index (Phi) is 2.32. The second kappa shape index (κ2) is 3.33. The van der Waals surface area contributed by atoms with Gasteiger partial charge in [0.1, 0.15) is 0 Å². The Morgan fingerprint density at radius 2 is 2.00 bits per heavy atom. The van der Waals surface area contributed by atoms with Crippen molar-refractivity contribution in [3.63, 3.8) is 0 Å². The van der Waals surface area contributed by atoms with Crippen LogP contribution in [0.2, 0.25) is 5.02 Å². The van der Waals surface area contributed by atoms with E-state index in [1.165, 1.54) is 0 Å². The van der Waals surface area contributed by atoms with E-state index in [1.54, 1.807) is 6.07 Å². The topological polar surface area (TPSA) is 40.5 Å². The van der Waals surface area contributed by atoms with Crippen LogP contribution < -0.4 is 5.46 Å². The first-order valence-corrected chi connectivity index (χ1v) is 4.72. The van der Waals surface area contributed by atoms with Crippen LogP contribution in [0.3, 0.4) is 0 Å². The van der Waals surface area contributed by atoms with Crippen molar-refractivity contribution in [2.24, 2.45) is 0 Å². The minimum atomic E-state index is -1.47. The van der Waals surface area contributed by atoms with Gasteiger partial charge in [0.25, 0.3) is 0 Å². The largest absolute Gasteiger partial charge is 0.489 e. The zero-order valence-corrected chi connectivity index (χ0v) is 7.83. The van der Waals surface area contributed by atoms with Crippen molar-refractivity contribution in [2.45, 2.75) is 18.8 Å². The first-order chi connectivity index (χ1) is 6.20. The van der Waals surface area contributed by atoms with E-state index < -0.39 is 7.12 Å². The summed E-state index contributed by atoms with van der Waals surface area (Å²) in [4.78, 5) is 0. The molecular weight excluding hydrogens is 186 g/mol. The lowest BCUT2D eigenvalue weighted by molar-refractivity contribution is 0.426. The van der Waals surface area contributed by atoms with E-state index in [9.17, 15) is 0 Å². The first kappa shape index (κ1) is 9.07. The summed E-state index contributed by atoms with van der Waals surface area (Å²) in [6, 6.07) is 5.40. The van der Waals surface area contributed by atoms with Gasteiger partial charge in [0, 0.05) is 10.5 Å². The molecule has 0 saturated heterocycles. The van der Waals surface area contributed by atoms with Gasteiger partial charge in [-0.3, -0.25) is 0 Å². The first-order valence-electron chi connectivity index (χ1n) is 4.34. The highest BCUT2D eigenvalue weighted by molar-refractivity contribution is 6.62. The van der Waals surface area contributed by atoms with E-state index in [0.29, 0.717) is 16.4 Å². The van der Waals surface area contributed by atoms with Gasteiger partial charge >= 0.3 is 7.12 Å². The Labute approximate surface area is 82.3 Å². The SMILES string of the molecule is OB(O)c1cccc(C2CC2)c1Cl. The van der Waals surface area contributed by atoms with Gasteiger partial charge in [0.2, 0.25) is 0 Å². The maximum absolute atomic E-state index is 9.00. The van der Waals surface area contributed by atoms with Crippen molar-refractivity contribution in [3.05, 3.63) is 28.8 Å². The van der Waals surface area contributed by atoms with Crippen LogP contribution in [0.25, 0.3) is 0 Å². The zero-order chi connectivity index (χ0) is 9.42. The molecule has 1 fully saturated rings. The molecule has 0 spiro atoms. The summed E-state index contributed by atoms with van der Waals surface area (Å²) in [5, 5.41) is 18.5. The van der Waals surface area contributed by atoms with Gasteiger partial charge in [-0.15, -0.1) is 0 Å². The quantitative estimate of drug-likeness (QED) is 0.690. The van der Waals surface area contributed by atoms with Crippen LogP contribution in [0.5, 0.6) is 0 Å². The molecule has 2 nitrogen and oxygen atoms in total. The normalized spacial score (nSPS) is 15.9. The van der Waals surface area contributed by atoms with Crippen molar-refractivity contribution in [2.75, 3.05) is 0 Å². The average molecular weight is 196 g/mol. The monoisotopic (exact) mass is 196 g/mol. The van der Waals surface area contributed by atoms with E-state index >= 15 is 0 Å². The fourth-order valence-corrected chi connectivity index (χ4v) is 1.86. The van der Waals surface area contributed by atoms with E-state index in [2.05, 4.69) is 0 Å². The van der Waals surface area contributed by atoms with Crippen molar-refractivity contribution in [1.82, 2.24) is 0 Å². The summed E-state index contributed by atoms with van der Waals surface area (Å²) < 4.78 is 0. The number of halogens is 1. The summed E-state index contributed by atoms with van der Waals surface area (Å²) in [7, 11) is -1.47. The molecule has 68 valence electrons. The third kappa shape index (κ3) is 1.73. The van der Waals surface area contributed by atoms with Crippen LogP contribution in [-0.2, 0) is 0 Å². The van der Waals surface area contributed by atoms with E-state index in [4.69, 9.17) is 21.6 Å². The maximum Gasteiger partial charge on any atom is 0.489 e. The van der Waals surface area contributed by atoms with Gasteiger partial charge < -0.3 is 10.0 Å². The molecule has 0 unspecified atom stereocenters. The van der Waals surface area contributed by atoms with E-state index in [1.807, 2.05) is 12.1 Å². The highest BCUT2D eigenvalue weighted by Gasteiger charge is 2.28. The second-order valence-corrected chi connectivity index (χ2v) is 3.78. The van der Waals surface area contributed by atoms with Gasteiger partial charge in [0.05, 0.1) is 0 Å². The third-order valence-corrected chi connectivity index (χ3v) is 2.79. The lowest BCUT2D eigenvalue weighted by Crippen LogP contribution is -2.31. The van der Waals surface area contributed by atoms with Gasteiger partial charge in [-0.1, -0.05) is 29.8 Å². The molecule has 2 N–H and O–H groups in total. The van der Waals surface area contributed by atoms with Crippen LogP contribution in [0.4, 0.5) is 0 Å². The molecule has 1 aliphatic carbocycles. The Bertz CT molecular complexity index is 303. The molecule has 0 heterocycles. The predicted molar refractivity (Wildman–Crippen MR) is 53.3 cm³/mol. The standard InChI is InChI=1S/C9H10BClO2/c11-9-7(6-4-5-6)2-1-3-8(9)10(12)13/h1-3,6,12-13H,4-5H2. The molecule has 1 aliphatic rings. The van der Waals surface area contributed by atoms with Crippen molar-refractivity contribution in [3.8, 4) is 0 Å². The van der Waals surface area contributed by atoms with Gasteiger partial charge in [-0.25, -0.2) is 0 Å². The molecular formula is C9H10BClO2. The number of rotatable bonds is 2. The second-order valence-electron chi connectivity index (χ2n) is 3.40. The molecule has 0 aromatic heterocycles. The fourth-order valence-electron chi connectivity index (χ4n) is 1.48. The Morgan fingerprint density at radius 3 is 2.54 bits per heavy atom. The summed E-state index contributed by atoms with van der Waals surface area (Å²) in [5.41, 5.74) is 1.46. The van der Waals surface area contributed by atoms with Gasteiger partial charge in [-0.05, 0) is 24.3 Å². The minimum Gasteiger partial charge on any atom is -0.423 e. The Morgan fingerprint density at radius 1 is 1.31 bits per heavy atom. The van der Waals surface area contributed by atoms with Crippen LogP contribution in [-0.4, -0.2) is 17.2 Å². The highest BCUT2D eigenvalue weighted by Crippen LogP contribution is 2.42. The molecule has 4 heteroatoms. The molecule has 0 atom stereocenters. The molecule has 1 aromatic carbocycles. The van der Waals surface area contributed by atoms with Crippen LogP contribution >= 0.6 is 11.6 Å². The van der Waals surface area contributed by atoms with Crippen LogP contribution in [0.1, 0.15) is 24.3 Å². The molecule has 1 aromatic rings. The van der Waals surface area contributed by atoms with Gasteiger partial charge in [0.15, 0.2) is 0 Å². The highest BCUT2D eigenvalue weighted by atomic mass is 35.5. The molecule has 0 aliphatic heterocycles. The Hall–Kier alpha value is -0.505. The van der Waals surface area contributed by atoms with Crippen LogP contribution in [0, 0.1) is 0 Å². The number of hydrogen-bond donors (Lipinski definition) is 2. The minimum absolute atomic E-state index is 0.408. The molecule has 13 heavy (non-hydrogen) atoms. The van der Waals surface area contributed by atoms with Crippen molar-refractivity contribution < 1.29 is 10.0 Å². The Balaban J connectivity index is 2.41. The maximum atomic E-state index is 9.00. The lowest BCUT2D eigenvalue weighted by Gasteiger charge is -2.07. The zero-order valence-electron chi connectivity index (χ0n) is 7.07. The van der Waals surface area contributed by atoms with Crippen molar-refractivity contribution in [1.29, 1.82) is 0 Å². The number of hydrogen-bond acceptors (Lipinski definition) is 2. The van der Waals surface area contributed by atoms with Gasteiger partial charge in [-0.2, -0.15) is 0 Å². The van der Waals surface area contributed by atoms with E-state index in [0.717, 1.165) is 18.4 Å². The fraction of sp³-hybridized carbons (Fsp3) is 0.333. The predicted octanol–water partition coefficient (Wildman–Crippen LogP) is 0.897. The molecule has 0 bridgehead atoms. The number of benzene rings is 1. The van der Waals surface area contributed by atoms with Crippen molar-refractivity contribution >= 4 is 24.2 Å². The average Bonchev–Trinajstić information content (AvgIpc) is 2.87. The lowest BCUT2D eigenvalue weighted by atomic mass is 9.79.